The van der Waals surface area contributed by atoms with E-state index < -0.39 is 0 Å². The molecular weight excluding hydrogens is 308 g/mol. The molecule has 0 aliphatic heterocycles. The molecule has 5 nitrogen and oxygen atoms in total. The van der Waals surface area contributed by atoms with Crippen LogP contribution in [0.15, 0.2) is 36.8 Å². The molecule has 1 aromatic carbocycles. The Hall–Kier alpha value is -2.21. The lowest BCUT2D eigenvalue weighted by Crippen LogP contribution is -2.29. The average molecular weight is 330 g/mol. The zero-order chi connectivity index (χ0) is 16.9. The minimum Gasteiger partial charge on any atom is -0.495 e. The van der Waals surface area contributed by atoms with Crippen LogP contribution in [0.1, 0.15) is 32.0 Å². The van der Waals surface area contributed by atoms with Gasteiger partial charge in [-0.3, -0.25) is 0 Å². The number of rotatable bonds is 4. The lowest BCUT2D eigenvalue weighted by Gasteiger charge is -2.21. The number of thiocarbonyl (C=S) groups is 1. The summed E-state index contributed by atoms with van der Waals surface area (Å²) in [6.45, 7) is 6.95. The fourth-order valence-electron chi connectivity index (χ4n) is 2.25. The third kappa shape index (κ3) is 4.63. The largest absolute Gasteiger partial charge is 0.495 e. The molecule has 1 heterocycles. The molecule has 2 rings (SSSR count). The molecule has 0 bridgehead atoms. The van der Waals surface area contributed by atoms with Crippen molar-refractivity contribution < 1.29 is 4.74 Å². The lowest BCUT2D eigenvalue weighted by atomic mass is 9.89. The van der Waals surface area contributed by atoms with E-state index >= 15 is 0 Å². The van der Waals surface area contributed by atoms with Crippen LogP contribution in [0.25, 0.3) is 0 Å². The number of anilines is 1. The molecule has 0 unspecified atom stereocenters. The molecule has 0 spiro atoms. The highest BCUT2D eigenvalue weighted by molar-refractivity contribution is 7.80. The molecule has 0 radical (unpaired) electrons. The first-order chi connectivity index (χ1) is 10.9. The first kappa shape index (κ1) is 17.1. The number of hydrogen-bond donors (Lipinski definition) is 2. The molecule has 0 fully saturated rings. The smallest absolute Gasteiger partial charge is 0.171 e. The zero-order valence-electron chi connectivity index (χ0n) is 13.9. The average Bonchev–Trinajstić information content (AvgIpc) is 2.53. The van der Waals surface area contributed by atoms with Crippen molar-refractivity contribution in [1.29, 1.82) is 0 Å². The Bertz CT molecular complexity index is 682. The topological polar surface area (TPSA) is 59.1 Å². The van der Waals surface area contributed by atoms with E-state index in [1.165, 1.54) is 0 Å². The van der Waals surface area contributed by atoms with Crippen molar-refractivity contribution in [1.82, 2.24) is 15.3 Å². The number of hydrogen-bond acceptors (Lipinski definition) is 4. The maximum Gasteiger partial charge on any atom is 0.171 e. The van der Waals surface area contributed by atoms with E-state index in [1.807, 2.05) is 30.5 Å². The van der Waals surface area contributed by atoms with Gasteiger partial charge >= 0.3 is 0 Å². The Labute approximate surface area is 142 Å². The molecule has 0 aliphatic rings. The summed E-state index contributed by atoms with van der Waals surface area (Å²) < 4.78 is 5.30. The molecule has 1 aromatic heterocycles. The number of nitrogens with zero attached hydrogens (tertiary/aromatic N) is 2. The predicted octanol–water partition coefficient (Wildman–Crippen LogP) is 3.27. The fraction of sp³-hybridized carbons (Fsp3) is 0.353. The second-order valence-corrected chi connectivity index (χ2v) is 6.56. The fourth-order valence-corrected chi connectivity index (χ4v) is 2.44. The minimum atomic E-state index is -0.0440. The monoisotopic (exact) mass is 330 g/mol. The number of para-hydroxylation sites is 2. The summed E-state index contributed by atoms with van der Waals surface area (Å²) in [5.74, 6) is 0.745. The van der Waals surface area contributed by atoms with Gasteiger partial charge in [0.05, 0.1) is 18.5 Å². The van der Waals surface area contributed by atoms with Gasteiger partial charge in [-0.25, -0.2) is 9.97 Å². The van der Waals surface area contributed by atoms with Crippen molar-refractivity contribution in [2.24, 2.45) is 0 Å². The molecule has 122 valence electrons. The van der Waals surface area contributed by atoms with Gasteiger partial charge in [0, 0.05) is 23.7 Å². The van der Waals surface area contributed by atoms with Gasteiger partial charge in [0.15, 0.2) is 5.11 Å². The van der Waals surface area contributed by atoms with Crippen molar-refractivity contribution in [3.8, 4) is 5.75 Å². The summed E-state index contributed by atoms with van der Waals surface area (Å²) in [5.41, 5.74) is 2.83. The zero-order valence-corrected chi connectivity index (χ0v) is 14.7. The van der Waals surface area contributed by atoms with Crippen LogP contribution in [0.2, 0.25) is 0 Å². The van der Waals surface area contributed by atoms with Crippen LogP contribution in [0.5, 0.6) is 5.75 Å². The van der Waals surface area contributed by atoms with E-state index in [0.29, 0.717) is 11.7 Å². The molecule has 0 saturated carbocycles. The van der Waals surface area contributed by atoms with Crippen LogP contribution in [0, 0.1) is 0 Å². The lowest BCUT2D eigenvalue weighted by molar-refractivity contribution is 0.417. The van der Waals surface area contributed by atoms with Crippen LogP contribution in [-0.4, -0.2) is 22.2 Å². The maximum atomic E-state index is 5.36. The van der Waals surface area contributed by atoms with Crippen LogP contribution in [0.3, 0.4) is 0 Å². The van der Waals surface area contributed by atoms with E-state index in [0.717, 1.165) is 22.7 Å². The summed E-state index contributed by atoms with van der Waals surface area (Å²) in [7, 11) is 1.63. The standard InChI is InChI=1S/C17H22N4OS/c1-17(2,3)15-12(9-18-11-20-15)10-19-16(23)21-13-7-5-6-8-14(13)22-4/h5-9,11H,10H2,1-4H3,(H2,19,21,23). The Morgan fingerprint density at radius 3 is 2.70 bits per heavy atom. The molecule has 2 N–H and O–H groups in total. The second-order valence-electron chi connectivity index (χ2n) is 6.15. The Morgan fingerprint density at radius 2 is 2.00 bits per heavy atom. The van der Waals surface area contributed by atoms with E-state index in [4.69, 9.17) is 17.0 Å². The summed E-state index contributed by atoms with van der Waals surface area (Å²) in [4.78, 5) is 8.52. The maximum absolute atomic E-state index is 5.36. The van der Waals surface area contributed by atoms with Gasteiger partial charge in [-0.1, -0.05) is 32.9 Å². The van der Waals surface area contributed by atoms with E-state index in [9.17, 15) is 0 Å². The molecule has 0 aliphatic carbocycles. The highest BCUT2D eigenvalue weighted by Gasteiger charge is 2.19. The van der Waals surface area contributed by atoms with Gasteiger partial charge in [-0.15, -0.1) is 0 Å². The normalized spacial score (nSPS) is 11.0. The van der Waals surface area contributed by atoms with Crippen molar-refractivity contribution >= 4 is 23.0 Å². The first-order valence-electron chi connectivity index (χ1n) is 7.39. The third-order valence-electron chi connectivity index (χ3n) is 3.29. The van der Waals surface area contributed by atoms with Crippen LogP contribution in [0.4, 0.5) is 5.69 Å². The van der Waals surface area contributed by atoms with Gasteiger partial charge in [0.25, 0.3) is 0 Å². The van der Waals surface area contributed by atoms with Crippen molar-refractivity contribution in [2.45, 2.75) is 32.7 Å². The minimum absolute atomic E-state index is 0.0440. The van der Waals surface area contributed by atoms with E-state index in [-0.39, 0.29) is 5.41 Å². The second kappa shape index (κ2) is 7.37. The number of ether oxygens (including phenoxy) is 1. The third-order valence-corrected chi connectivity index (χ3v) is 3.54. The highest BCUT2D eigenvalue weighted by Crippen LogP contribution is 2.24. The van der Waals surface area contributed by atoms with Gasteiger partial charge in [0.1, 0.15) is 12.1 Å². The van der Waals surface area contributed by atoms with Crippen molar-refractivity contribution in [2.75, 3.05) is 12.4 Å². The Kier molecular flexibility index (Phi) is 5.50. The molecule has 0 amide bonds. The molecule has 23 heavy (non-hydrogen) atoms. The number of methoxy groups -OCH3 is 1. The molecule has 0 atom stereocenters. The number of nitrogens with one attached hydrogen (secondary N) is 2. The number of aromatic nitrogens is 2. The summed E-state index contributed by atoms with van der Waals surface area (Å²) >= 11 is 5.36. The summed E-state index contributed by atoms with van der Waals surface area (Å²) in [6, 6.07) is 7.64. The first-order valence-corrected chi connectivity index (χ1v) is 7.80. The van der Waals surface area contributed by atoms with E-state index in [1.54, 1.807) is 13.4 Å². The van der Waals surface area contributed by atoms with Crippen molar-refractivity contribution in [3.63, 3.8) is 0 Å². The Morgan fingerprint density at radius 1 is 1.26 bits per heavy atom. The van der Waals surface area contributed by atoms with Gasteiger partial charge in [0.2, 0.25) is 0 Å². The van der Waals surface area contributed by atoms with Crippen molar-refractivity contribution in [3.05, 3.63) is 48.0 Å². The van der Waals surface area contributed by atoms with Gasteiger partial charge in [-0.2, -0.15) is 0 Å². The molecule has 6 heteroatoms. The van der Waals surface area contributed by atoms with Gasteiger partial charge < -0.3 is 15.4 Å². The molecule has 0 saturated heterocycles. The van der Waals surface area contributed by atoms with Crippen LogP contribution >= 0.6 is 12.2 Å². The summed E-state index contributed by atoms with van der Waals surface area (Å²) in [5, 5.41) is 6.87. The predicted molar refractivity (Wildman–Crippen MR) is 96.8 cm³/mol. The molecule has 2 aromatic rings. The Balaban J connectivity index is 2.03. The van der Waals surface area contributed by atoms with Gasteiger partial charge in [-0.05, 0) is 24.4 Å². The summed E-state index contributed by atoms with van der Waals surface area (Å²) in [6.07, 6.45) is 3.40. The SMILES string of the molecule is COc1ccccc1NC(=S)NCc1cncnc1C(C)(C)C. The highest BCUT2D eigenvalue weighted by atomic mass is 32.1. The van der Waals surface area contributed by atoms with Crippen LogP contribution in [-0.2, 0) is 12.0 Å². The molecular formula is C17H22N4OS. The van der Waals surface area contributed by atoms with E-state index in [2.05, 4.69) is 41.4 Å². The van der Waals surface area contributed by atoms with Crippen LogP contribution < -0.4 is 15.4 Å². The number of benzene rings is 1. The quantitative estimate of drug-likeness (QED) is 0.839.